The van der Waals surface area contributed by atoms with Gasteiger partial charge in [-0.05, 0) is 53.2 Å². The van der Waals surface area contributed by atoms with E-state index in [2.05, 4.69) is 9.72 Å². The van der Waals surface area contributed by atoms with Crippen molar-refractivity contribution in [3.63, 3.8) is 0 Å². The fourth-order valence-corrected chi connectivity index (χ4v) is 2.94. The fourth-order valence-electron chi connectivity index (χ4n) is 2.74. The van der Waals surface area contributed by atoms with Crippen molar-refractivity contribution in [2.24, 2.45) is 0 Å². The Kier molecular flexibility index (Phi) is 6.52. The van der Waals surface area contributed by atoms with Crippen LogP contribution in [0.1, 0.15) is 12.5 Å². The Morgan fingerprint density at radius 3 is 2.46 bits per heavy atom. The van der Waals surface area contributed by atoms with E-state index in [9.17, 15) is 28.4 Å². The second-order valence-electron chi connectivity index (χ2n) is 6.61. The van der Waals surface area contributed by atoms with Crippen LogP contribution in [-0.2, 0) is 13.1 Å². The summed E-state index contributed by atoms with van der Waals surface area (Å²) in [5.74, 6) is -0.738. The van der Waals surface area contributed by atoms with Crippen molar-refractivity contribution < 1.29 is 27.9 Å². The van der Waals surface area contributed by atoms with Crippen LogP contribution in [-0.4, -0.2) is 50.0 Å². The summed E-state index contributed by atoms with van der Waals surface area (Å²) in [5, 5.41) is 21.2. The van der Waals surface area contributed by atoms with E-state index >= 15 is 0 Å². The summed E-state index contributed by atoms with van der Waals surface area (Å²) in [4.78, 5) is 15.4. The Bertz CT molecular complexity index is 824. The standard InChI is InChI=1S/C16H18ClF3N4O4/c1-15(25,10-23-8-13(24(26)27)21-14(23)17)9-22(2)7-11-3-5-12(6-4-11)28-16(18,19)20/h3-6,8,25H,7,9-10H2,1-2H3. The van der Waals surface area contributed by atoms with Gasteiger partial charge in [-0.15, -0.1) is 13.2 Å². The number of halogens is 4. The van der Waals surface area contributed by atoms with Crippen LogP contribution in [0.3, 0.4) is 0 Å². The predicted molar refractivity (Wildman–Crippen MR) is 94.0 cm³/mol. The van der Waals surface area contributed by atoms with Gasteiger partial charge in [-0.1, -0.05) is 12.1 Å². The summed E-state index contributed by atoms with van der Waals surface area (Å²) in [6.45, 7) is 2.01. The van der Waals surface area contributed by atoms with Crippen LogP contribution in [0.25, 0.3) is 0 Å². The van der Waals surface area contributed by atoms with Crippen molar-refractivity contribution in [2.45, 2.75) is 32.0 Å². The lowest BCUT2D eigenvalue weighted by Crippen LogP contribution is -2.42. The van der Waals surface area contributed by atoms with Crippen LogP contribution in [0.2, 0.25) is 5.28 Å². The van der Waals surface area contributed by atoms with E-state index in [4.69, 9.17) is 11.6 Å². The highest BCUT2D eigenvalue weighted by atomic mass is 35.5. The van der Waals surface area contributed by atoms with Gasteiger partial charge in [-0.25, -0.2) is 0 Å². The molecule has 1 atom stereocenters. The molecule has 0 amide bonds. The summed E-state index contributed by atoms with van der Waals surface area (Å²) in [5.41, 5.74) is -0.587. The second-order valence-corrected chi connectivity index (χ2v) is 6.95. The zero-order valence-electron chi connectivity index (χ0n) is 15.0. The first-order chi connectivity index (χ1) is 12.8. The molecule has 0 aliphatic carbocycles. The van der Waals surface area contributed by atoms with Crippen LogP contribution < -0.4 is 4.74 Å². The maximum Gasteiger partial charge on any atom is 0.573 e. The number of likely N-dealkylation sites (N-methyl/N-ethyl adjacent to an activating group) is 1. The minimum atomic E-state index is -4.75. The van der Waals surface area contributed by atoms with Crippen molar-refractivity contribution in [1.82, 2.24) is 14.5 Å². The first kappa shape index (κ1) is 21.9. The maximum atomic E-state index is 12.2. The van der Waals surface area contributed by atoms with Gasteiger partial charge in [0.1, 0.15) is 11.9 Å². The molecule has 12 heteroatoms. The molecule has 0 aliphatic heterocycles. The molecule has 0 fully saturated rings. The number of hydrogen-bond acceptors (Lipinski definition) is 6. The Morgan fingerprint density at radius 2 is 1.96 bits per heavy atom. The zero-order chi connectivity index (χ0) is 21.1. The highest BCUT2D eigenvalue weighted by molar-refractivity contribution is 6.28. The number of hydrogen-bond donors (Lipinski definition) is 1. The van der Waals surface area contributed by atoms with Gasteiger partial charge in [-0.2, -0.15) is 0 Å². The van der Waals surface area contributed by atoms with Gasteiger partial charge in [0.25, 0.3) is 0 Å². The average Bonchev–Trinajstić information content (AvgIpc) is 2.87. The molecule has 0 saturated heterocycles. The van der Waals surface area contributed by atoms with Gasteiger partial charge in [-0.3, -0.25) is 9.47 Å². The van der Waals surface area contributed by atoms with Gasteiger partial charge in [0.05, 0.1) is 12.1 Å². The summed E-state index contributed by atoms with van der Waals surface area (Å²) in [6, 6.07) is 5.39. The quantitative estimate of drug-likeness (QED) is 0.518. The van der Waals surface area contributed by atoms with Crippen molar-refractivity contribution >= 4 is 17.4 Å². The first-order valence-corrected chi connectivity index (χ1v) is 8.35. The molecule has 1 unspecified atom stereocenters. The summed E-state index contributed by atoms with van der Waals surface area (Å²) in [6.07, 6.45) is -3.61. The van der Waals surface area contributed by atoms with E-state index in [-0.39, 0.29) is 24.1 Å². The van der Waals surface area contributed by atoms with Crippen LogP contribution in [0.5, 0.6) is 5.75 Å². The van der Waals surface area contributed by atoms with E-state index in [1.807, 2.05) is 0 Å². The summed E-state index contributed by atoms with van der Waals surface area (Å²) < 4.78 is 41.6. The Balaban J connectivity index is 1.95. The molecular formula is C16H18ClF3N4O4. The lowest BCUT2D eigenvalue weighted by Gasteiger charge is -2.29. The summed E-state index contributed by atoms with van der Waals surface area (Å²) >= 11 is 5.85. The lowest BCUT2D eigenvalue weighted by atomic mass is 10.1. The van der Waals surface area contributed by atoms with Gasteiger partial charge in [0.15, 0.2) is 0 Å². The lowest BCUT2D eigenvalue weighted by molar-refractivity contribution is -0.389. The average molecular weight is 423 g/mol. The highest BCUT2D eigenvalue weighted by Crippen LogP contribution is 2.23. The van der Waals surface area contributed by atoms with Crippen molar-refractivity contribution in [3.8, 4) is 5.75 Å². The van der Waals surface area contributed by atoms with Gasteiger partial charge >= 0.3 is 17.5 Å². The van der Waals surface area contributed by atoms with Crippen LogP contribution in [0.4, 0.5) is 19.0 Å². The molecule has 1 N–H and O–H groups in total. The molecule has 1 heterocycles. The third-order valence-corrected chi connectivity index (χ3v) is 3.93. The number of alkyl halides is 3. The molecule has 0 bridgehead atoms. The van der Waals surface area contributed by atoms with Gasteiger partial charge < -0.3 is 20.0 Å². The molecule has 0 saturated carbocycles. The molecule has 0 radical (unpaired) electrons. The van der Waals surface area contributed by atoms with E-state index in [1.54, 1.807) is 11.9 Å². The topological polar surface area (TPSA) is 93.7 Å². The van der Waals surface area contributed by atoms with Crippen LogP contribution >= 0.6 is 11.6 Å². The minimum absolute atomic E-state index is 0.0324. The number of nitro groups is 1. The molecule has 0 spiro atoms. The molecule has 0 aliphatic rings. The number of imidazole rings is 1. The maximum absolute atomic E-state index is 12.2. The van der Waals surface area contributed by atoms with Gasteiger partial charge in [0, 0.05) is 13.1 Å². The number of rotatable bonds is 8. The number of ether oxygens (including phenoxy) is 1. The third kappa shape index (κ3) is 6.66. The number of benzene rings is 1. The van der Waals surface area contributed by atoms with Crippen LogP contribution in [0, 0.1) is 10.1 Å². The Morgan fingerprint density at radius 1 is 1.36 bits per heavy atom. The third-order valence-electron chi connectivity index (χ3n) is 3.63. The fraction of sp³-hybridized carbons (Fsp3) is 0.438. The number of nitrogens with zero attached hydrogens (tertiary/aromatic N) is 4. The molecule has 1 aromatic heterocycles. The second kappa shape index (κ2) is 8.33. The van der Waals surface area contributed by atoms with E-state index in [0.717, 1.165) is 6.20 Å². The minimum Gasteiger partial charge on any atom is -0.406 e. The van der Waals surface area contributed by atoms with E-state index < -0.39 is 22.7 Å². The normalized spacial score (nSPS) is 14.1. The number of aromatic nitrogens is 2. The van der Waals surface area contributed by atoms with E-state index in [0.29, 0.717) is 12.1 Å². The van der Waals surface area contributed by atoms with Crippen molar-refractivity contribution in [2.75, 3.05) is 13.6 Å². The largest absolute Gasteiger partial charge is 0.573 e. The Labute approximate surface area is 163 Å². The number of aliphatic hydroxyl groups is 1. The first-order valence-electron chi connectivity index (χ1n) is 7.97. The molecule has 28 heavy (non-hydrogen) atoms. The van der Waals surface area contributed by atoms with Crippen LogP contribution in [0.15, 0.2) is 30.5 Å². The zero-order valence-corrected chi connectivity index (χ0v) is 15.7. The van der Waals surface area contributed by atoms with Crippen molar-refractivity contribution in [3.05, 3.63) is 51.4 Å². The van der Waals surface area contributed by atoms with E-state index in [1.165, 1.54) is 35.8 Å². The molecular weight excluding hydrogens is 405 g/mol. The Hall–Kier alpha value is -2.37. The smallest absolute Gasteiger partial charge is 0.406 e. The molecule has 1 aromatic carbocycles. The highest BCUT2D eigenvalue weighted by Gasteiger charge is 2.31. The molecule has 8 nitrogen and oxygen atoms in total. The van der Waals surface area contributed by atoms with Gasteiger partial charge in [0.2, 0.25) is 0 Å². The monoisotopic (exact) mass is 422 g/mol. The molecule has 2 rings (SSSR count). The SMILES string of the molecule is CN(Cc1ccc(OC(F)(F)F)cc1)CC(C)(O)Cn1cc([N+](=O)[O-])nc1Cl. The molecule has 2 aromatic rings. The van der Waals surface area contributed by atoms with Crippen molar-refractivity contribution in [1.29, 1.82) is 0 Å². The predicted octanol–water partition coefficient (Wildman–Crippen LogP) is 3.23. The molecule has 154 valence electrons. The summed E-state index contributed by atoms with van der Waals surface area (Å²) in [7, 11) is 1.71.